The van der Waals surface area contributed by atoms with Crippen LogP contribution in [0.4, 0.5) is 11.4 Å². The summed E-state index contributed by atoms with van der Waals surface area (Å²) < 4.78 is 0. The number of hydrogen-bond donors (Lipinski definition) is 2. The maximum atomic E-state index is 3.37. The Morgan fingerprint density at radius 2 is 0.700 bits per heavy atom. The number of anilines is 2. The van der Waals surface area contributed by atoms with E-state index >= 15 is 0 Å². The zero-order valence-electron chi connectivity index (χ0n) is 19.3. The van der Waals surface area contributed by atoms with Crippen LogP contribution in [0.3, 0.4) is 0 Å². The summed E-state index contributed by atoms with van der Waals surface area (Å²) in [6.45, 7) is 15.3. The summed E-state index contributed by atoms with van der Waals surface area (Å²) in [7, 11) is 0. The molecule has 0 aromatic heterocycles. The maximum Gasteiger partial charge on any atom is 0.0340 e. The summed E-state index contributed by atoms with van der Waals surface area (Å²) in [6, 6.07) is 26.8. The molecule has 2 heteroatoms. The van der Waals surface area contributed by atoms with E-state index in [0.29, 0.717) is 0 Å². The highest BCUT2D eigenvalue weighted by Gasteiger charge is 2.26. The van der Waals surface area contributed by atoms with Gasteiger partial charge in [0.1, 0.15) is 0 Å². The van der Waals surface area contributed by atoms with Gasteiger partial charge in [-0.1, -0.05) is 76.2 Å². The Morgan fingerprint density at radius 3 is 0.933 bits per heavy atom. The Bertz CT molecular complexity index is 853. The van der Waals surface area contributed by atoms with Crippen molar-refractivity contribution in [3.63, 3.8) is 0 Å². The van der Waals surface area contributed by atoms with Crippen LogP contribution in [-0.4, -0.2) is 13.1 Å². The van der Waals surface area contributed by atoms with Crippen molar-refractivity contribution in [1.29, 1.82) is 0 Å². The average molecular weight is 401 g/mol. The van der Waals surface area contributed by atoms with Crippen molar-refractivity contribution in [3.8, 4) is 0 Å². The van der Waals surface area contributed by atoms with Crippen molar-refractivity contribution in [2.45, 2.75) is 52.4 Å². The van der Waals surface area contributed by atoms with Crippen LogP contribution in [-0.2, 0) is 10.8 Å². The minimum atomic E-state index is -0.0408. The quantitative estimate of drug-likeness (QED) is 0.418. The third-order valence-electron chi connectivity index (χ3n) is 6.30. The normalized spacial score (nSPS) is 11.9. The molecule has 0 aliphatic carbocycles. The SMILES string of the molecule is CCNc1ccc(C(C)(C)c2ccc(C(C)(C)c3ccc(NCC)cc3)cc2)cc1. The Labute approximate surface area is 182 Å². The molecule has 30 heavy (non-hydrogen) atoms. The van der Waals surface area contributed by atoms with Crippen LogP contribution >= 0.6 is 0 Å². The van der Waals surface area contributed by atoms with Crippen LogP contribution < -0.4 is 10.6 Å². The summed E-state index contributed by atoms with van der Waals surface area (Å²) in [5, 5.41) is 6.74. The maximum absolute atomic E-state index is 3.37. The molecular weight excluding hydrogens is 364 g/mol. The minimum absolute atomic E-state index is 0.0408. The summed E-state index contributed by atoms with van der Waals surface area (Å²) in [5.74, 6) is 0. The molecule has 3 rings (SSSR count). The van der Waals surface area contributed by atoms with E-state index in [4.69, 9.17) is 0 Å². The van der Waals surface area contributed by atoms with Crippen LogP contribution in [0.1, 0.15) is 63.8 Å². The van der Waals surface area contributed by atoms with Gasteiger partial charge in [0.15, 0.2) is 0 Å². The molecule has 0 fully saturated rings. The van der Waals surface area contributed by atoms with Crippen molar-refractivity contribution < 1.29 is 0 Å². The molecule has 0 saturated heterocycles. The minimum Gasteiger partial charge on any atom is -0.385 e. The molecule has 0 unspecified atom stereocenters. The van der Waals surface area contributed by atoms with Gasteiger partial charge in [0.05, 0.1) is 0 Å². The van der Waals surface area contributed by atoms with Crippen molar-refractivity contribution in [2.24, 2.45) is 0 Å². The first kappa shape index (κ1) is 22.0. The fraction of sp³-hybridized carbons (Fsp3) is 0.357. The number of nitrogens with one attached hydrogen (secondary N) is 2. The average Bonchev–Trinajstić information content (AvgIpc) is 2.75. The van der Waals surface area contributed by atoms with Gasteiger partial charge in [0.2, 0.25) is 0 Å². The molecule has 0 heterocycles. The van der Waals surface area contributed by atoms with Gasteiger partial charge < -0.3 is 10.6 Å². The molecule has 0 aliphatic heterocycles. The molecule has 3 aromatic carbocycles. The van der Waals surface area contributed by atoms with Gasteiger partial charge in [-0.3, -0.25) is 0 Å². The zero-order valence-corrected chi connectivity index (χ0v) is 19.3. The topological polar surface area (TPSA) is 24.1 Å². The lowest BCUT2D eigenvalue weighted by molar-refractivity contribution is 0.626. The molecule has 0 saturated carbocycles. The van der Waals surface area contributed by atoms with Crippen LogP contribution in [0.5, 0.6) is 0 Å². The Morgan fingerprint density at radius 1 is 0.467 bits per heavy atom. The van der Waals surface area contributed by atoms with Gasteiger partial charge >= 0.3 is 0 Å². The van der Waals surface area contributed by atoms with E-state index in [0.717, 1.165) is 13.1 Å². The lowest BCUT2D eigenvalue weighted by Crippen LogP contribution is -2.21. The van der Waals surface area contributed by atoms with E-state index in [-0.39, 0.29) is 10.8 Å². The van der Waals surface area contributed by atoms with Crippen molar-refractivity contribution >= 4 is 11.4 Å². The summed E-state index contributed by atoms with van der Waals surface area (Å²) in [4.78, 5) is 0. The lowest BCUT2D eigenvalue weighted by Gasteiger charge is -2.30. The van der Waals surface area contributed by atoms with Gasteiger partial charge in [0, 0.05) is 35.3 Å². The molecule has 0 atom stereocenters. The van der Waals surface area contributed by atoms with Gasteiger partial charge in [-0.25, -0.2) is 0 Å². The second kappa shape index (κ2) is 8.95. The Kier molecular flexibility index (Phi) is 6.55. The molecule has 0 amide bonds. The monoisotopic (exact) mass is 400 g/mol. The Balaban J connectivity index is 1.83. The first-order valence-corrected chi connectivity index (χ1v) is 11.1. The predicted molar refractivity (Wildman–Crippen MR) is 132 cm³/mol. The Hall–Kier alpha value is -2.74. The first-order chi connectivity index (χ1) is 14.3. The molecule has 0 radical (unpaired) electrons. The standard InChI is InChI=1S/C28H36N2/c1-7-29-25-17-13-23(14-18-25)27(3,4)21-9-11-22(12-10-21)28(5,6)24-15-19-26(20-16-24)30-8-2/h9-20,29-30H,7-8H2,1-6H3. The van der Waals surface area contributed by atoms with Crippen molar-refractivity contribution in [3.05, 3.63) is 95.1 Å². The lowest BCUT2D eigenvalue weighted by atomic mass is 9.74. The van der Waals surface area contributed by atoms with E-state index in [2.05, 4.69) is 125 Å². The molecule has 2 nitrogen and oxygen atoms in total. The molecular formula is C28H36N2. The number of benzene rings is 3. The molecule has 0 aliphatic rings. The van der Waals surface area contributed by atoms with Crippen LogP contribution in [0.15, 0.2) is 72.8 Å². The highest BCUT2D eigenvalue weighted by atomic mass is 14.9. The molecule has 3 aromatic rings. The van der Waals surface area contributed by atoms with Crippen molar-refractivity contribution in [1.82, 2.24) is 0 Å². The third kappa shape index (κ3) is 4.53. The van der Waals surface area contributed by atoms with Gasteiger partial charge in [-0.2, -0.15) is 0 Å². The van der Waals surface area contributed by atoms with Crippen LogP contribution in [0.2, 0.25) is 0 Å². The van der Waals surface area contributed by atoms with E-state index < -0.39 is 0 Å². The largest absolute Gasteiger partial charge is 0.385 e. The van der Waals surface area contributed by atoms with Gasteiger partial charge in [-0.05, 0) is 60.4 Å². The van der Waals surface area contributed by atoms with Crippen molar-refractivity contribution in [2.75, 3.05) is 23.7 Å². The second-order valence-electron chi connectivity index (χ2n) is 9.04. The fourth-order valence-electron chi connectivity index (χ4n) is 4.05. The molecule has 2 N–H and O–H groups in total. The molecule has 158 valence electrons. The summed E-state index contributed by atoms with van der Waals surface area (Å²) >= 11 is 0. The molecule has 0 spiro atoms. The second-order valence-corrected chi connectivity index (χ2v) is 9.04. The van der Waals surface area contributed by atoms with E-state index in [9.17, 15) is 0 Å². The number of rotatable bonds is 8. The van der Waals surface area contributed by atoms with Crippen LogP contribution in [0, 0.1) is 0 Å². The fourth-order valence-corrected chi connectivity index (χ4v) is 4.05. The first-order valence-electron chi connectivity index (χ1n) is 11.1. The van der Waals surface area contributed by atoms with Crippen LogP contribution in [0.25, 0.3) is 0 Å². The molecule has 0 bridgehead atoms. The third-order valence-corrected chi connectivity index (χ3v) is 6.30. The number of hydrogen-bond acceptors (Lipinski definition) is 2. The van der Waals surface area contributed by atoms with Gasteiger partial charge in [-0.15, -0.1) is 0 Å². The smallest absolute Gasteiger partial charge is 0.0340 e. The van der Waals surface area contributed by atoms with Gasteiger partial charge in [0.25, 0.3) is 0 Å². The van der Waals surface area contributed by atoms with E-state index in [1.54, 1.807) is 0 Å². The summed E-state index contributed by atoms with van der Waals surface area (Å²) in [5.41, 5.74) is 7.59. The predicted octanol–water partition coefficient (Wildman–Crippen LogP) is 7.20. The zero-order chi connectivity index (χ0) is 21.8. The summed E-state index contributed by atoms with van der Waals surface area (Å²) in [6.07, 6.45) is 0. The van der Waals surface area contributed by atoms with E-state index in [1.165, 1.54) is 33.6 Å². The van der Waals surface area contributed by atoms with E-state index in [1.807, 2.05) is 0 Å². The highest BCUT2D eigenvalue weighted by Crippen LogP contribution is 2.36. The highest BCUT2D eigenvalue weighted by molar-refractivity contribution is 5.50.